The smallest absolute Gasteiger partial charge is 0.167 e. The molecule has 1 heterocycles. The number of hydrogen-bond donors (Lipinski definition) is 0. The maximum Gasteiger partial charge on any atom is 0.167 e. The number of nitrogens with zero attached hydrogens (tertiary/aromatic N) is 1. The van der Waals surface area contributed by atoms with Crippen LogP contribution in [0.5, 0.6) is 0 Å². The third-order valence-corrected chi connectivity index (χ3v) is 2.68. The summed E-state index contributed by atoms with van der Waals surface area (Å²) >= 11 is 0. The Kier molecular flexibility index (Phi) is 2.54. The van der Waals surface area contributed by atoms with Crippen molar-refractivity contribution in [3.05, 3.63) is 29.5 Å². The maximum atomic E-state index is 10.5. The minimum Gasteiger partial charge on any atom is -0.356 e. The Morgan fingerprint density at radius 1 is 1.53 bits per heavy atom. The van der Waals surface area contributed by atoms with E-state index in [-0.39, 0.29) is 5.92 Å². The molecule has 0 aliphatic carbocycles. The van der Waals surface area contributed by atoms with Gasteiger partial charge in [0.15, 0.2) is 5.58 Å². The summed E-state index contributed by atoms with van der Waals surface area (Å²) in [7, 11) is 0. The van der Waals surface area contributed by atoms with E-state index in [9.17, 15) is 4.79 Å². The van der Waals surface area contributed by atoms with Crippen LogP contribution in [0, 0.1) is 6.92 Å². The molecule has 0 N–H and O–H groups in total. The number of hydrogen-bond acceptors (Lipinski definition) is 3. The molecule has 1 aromatic heterocycles. The zero-order chi connectivity index (χ0) is 10.8. The third-order valence-electron chi connectivity index (χ3n) is 2.68. The first-order chi connectivity index (χ1) is 7.24. The van der Waals surface area contributed by atoms with Gasteiger partial charge >= 0.3 is 0 Å². The van der Waals surface area contributed by atoms with Crippen molar-refractivity contribution in [2.45, 2.75) is 26.2 Å². The van der Waals surface area contributed by atoms with E-state index in [1.165, 1.54) is 0 Å². The molecule has 1 unspecified atom stereocenters. The Labute approximate surface area is 88.1 Å². The lowest BCUT2D eigenvalue weighted by Gasteiger charge is -2.08. The van der Waals surface area contributed by atoms with Crippen LogP contribution in [0.15, 0.2) is 22.7 Å². The SMILES string of the molecule is Cc1noc2cccc(C(C)CC=O)c12. The third kappa shape index (κ3) is 1.65. The van der Waals surface area contributed by atoms with Crippen LogP contribution in [0.3, 0.4) is 0 Å². The van der Waals surface area contributed by atoms with Gasteiger partial charge in [0.05, 0.1) is 5.69 Å². The largest absolute Gasteiger partial charge is 0.356 e. The zero-order valence-corrected chi connectivity index (χ0v) is 8.86. The molecule has 1 aromatic carbocycles. The molecule has 0 bridgehead atoms. The number of benzene rings is 1. The van der Waals surface area contributed by atoms with Crippen LogP contribution in [0.2, 0.25) is 0 Å². The molecule has 0 radical (unpaired) electrons. The van der Waals surface area contributed by atoms with Crippen molar-refractivity contribution in [3.8, 4) is 0 Å². The Hall–Kier alpha value is -1.64. The quantitative estimate of drug-likeness (QED) is 0.720. The maximum absolute atomic E-state index is 10.5. The van der Waals surface area contributed by atoms with Gasteiger partial charge in [0.2, 0.25) is 0 Å². The second kappa shape index (κ2) is 3.85. The van der Waals surface area contributed by atoms with E-state index in [0.29, 0.717) is 6.42 Å². The highest BCUT2D eigenvalue weighted by molar-refractivity contribution is 5.83. The van der Waals surface area contributed by atoms with Gasteiger partial charge in [-0.2, -0.15) is 0 Å². The van der Waals surface area contributed by atoms with E-state index in [1.54, 1.807) is 0 Å². The number of aryl methyl sites for hydroxylation is 1. The molecule has 0 spiro atoms. The molecule has 2 aromatic rings. The highest BCUT2D eigenvalue weighted by Crippen LogP contribution is 2.29. The van der Waals surface area contributed by atoms with Gasteiger partial charge in [-0.15, -0.1) is 0 Å². The summed E-state index contributed by atoms with van der Waals surface area (Å²) in [5.41, 5.74) is 2.82. The molecule has 3 nitrogen and oxygen atoms in total. The molecule has 2 rings (SSSR count). The molecule has 3 heteroatoms. The van der Waals surface area contributed by atoms with Gasteiger partial charge in [-0.05, 0) is 24.5 Å². The van der Waals surface area contributed by atoms with Crippen LogP contribution < -0.4 is 0 Å². The second-order valence-corrected chi connectivity index (χ2v) is 3.79. The van der Waals surface area contributed by atoms with Crippen molar-refractivity contribution in [2.24, 2.45) is 0 Å². The summed E-state index contributed by atoms with van der Waals surface area (Å²) in [6, 6.07) is 5.86. The highest BCUT2D eigenvalue weighted by atomic mass is 16.5. The number of carbonyl (C=O) groups is 1. The van der Waals surface area contributed by atoms with Crippen molar-refractivity contribution < 1.29 is 9.32 Å². The second-order valence-electron chi connectivity index (χ2n) is 3.79. The Balaban J connectivity index is 2.58. The monoisotopic (exact) mass is 203 g/mol. The first kappa shape index (κ1) is 9.90. The predicted molar refractivity (Wildman–Crippen MR) is 57.8 cm³/mol. The minimum absolute atomic E-state index is 0.212. The lowest BCUT2D eigenvalue weighted by molar-refractivity contribution is -0.108. The average molecular weight is 203 g/mol. The Bertz CT molecular complexity index is 487. The van der Waals surface area contributed by atoms with Gasteiger partial charge in [-0.25, -0.2) is 0 Å². The van der Waals surface area contributed by atoms with E-state index in [4.69, 9.17) is 4.52 Å². The molecule has 1 atom stereocenters. The molecule has 78 valence electrons. The highest BCUT2D eigenvalue weighted by Gasteiger charge is 2.13. The van der Waals surface area contributed by atoms with Gasteiger partial charge in [-0.3, -0.25) is 0 Å². The van der Waals surface area contributed by atoms with E-state index in [2.05, 4.69) is 5.16 Å². The van der Waals surface area contributed by atoms with Crippen molar-refractivity contribution in [3.63, 3.8) is 0 Å². The fourth-order valence-corrected chi connectivity index (χ4v) is 1.86. The molecular weight excluding hydrogens is 190 g/mol. The molecule has 0 saturated heterocycles. The van der Waals surface area contributed by atoms with Gasteiger partial charge in [0.25, 0.3) is 0 Å². The summed E-state index contributed by atoms with van der Waals surface area (Å²) in [6.07, 6.45) is 1.48. The van der Waals surface area contributed by atoms with Crippen LogP contribution in [0.1, 0.15) is 30.5 Å². The molecule has 0 saturated carbocycles. The van der Waals surface area contributed by atoms with Crippen LogP contribution >= 0.6 is 0 Å². The zero-order valence-electron chi connectivity index (χ0n) is 8.86. The molecular formula is C12H13NO2. The van der Waals surface area contributed by atoms with Crippen LogP contribution in [-0.2, 0) is 4.79 Å². The predicted octanol–water partition coefficient (Wildman–Crippen LogP) is 2.83. The van der Waals surface area contributed by atoms with Gasteiger partial charge in [-0.1, -0.05) is 24.2 Å². The summed E-state index contributed by atoms with van der Waals surface area (Å²) in [6.45, 7) is 3.96. The summed E-state index contributed by atoms with van der Waals surface area (Å²) in [4.78, 5) is 10.5. The lowest BCUT2D eigenvalue weighted by Crippen LogP contribution is -1.95. The van der Waals surface area contributed by atoms with Crippen molar-refractivity contribution in [1.29, 1.82) is 0 Å². The van der Waals surface area contributed by atoms with Crippen LogP contribution in [-0.4, -0.2) is 11.4 Å². The number of fused-ring (bicyclic) bond motifs is 1. The number of rotatable bonds is 3. The van der Waals surface area contributed by atoms with Crippen LogP contribution in [0.25, 0.3) is 11.0 Å². The average Bonchev–Trinajstić information content (AvgIpc) is 2.61. The van der Waals surface area contributed by atoms with Gasteiger partial charge < -0.3 is 9.32 Å². The molecule has 0 amide bonds. The normalized spacial score (nSPS) is 12.9. The standard InChI is InChI=1S/C12H13NO2/c1-8(6-7-14)10-4-3-5-11-12(10)9(2)13-15-11/h3-5,7-8H,6H2,1-2H3. The van der Waals surface area contributed by atoms with Gasteiger partial charge in [0, 0.05) is 11.8 Å². The first-order valence-corrected chi connectivity index (χ1v) is 5.02. The van der Waals surface area contributed by atoms with Crippen molar-refractivity contribution in [1.82, 2.24) is 5.16 Å². The fourth-order valence-electron chi connectivity index (χ4n) is 1.86. The minimum atomic E-state index is 0.212. The Morgan fingerprint density at radius 3 is 3.07 bits per heavy atom. The molecule has 15 heavy (non-hydrogen) atoms. The van der Waals surface area contributed by atoms with E-state index < -0.39 is 0 Å². The van der Waals surface area contributed by atoms with Crippen LogP contribution in [0.4, 0.5) is 0 Å². The summed E-state index contributed by atoms with van der Waals surface area (Å²) < 4.78 is 5.18. The molecule has 0 aliphatic heterocycles. The number of aromatic nitrogens is 1. The summed E-state index contributed by atoms with van der Waals surface area (Å²) in [5, 5.41) is 4.98. The number of aldehydes is 1. The van der Waals surface area contributed by atoms with Gasteiger partial charge in [0.1, 0.15) is 6.29 Å². The Morgan fingerprint density at radius 2 is 2.33 bits per heavy atom. The van der Waals surface area contributed by atoms with E-state index in [0.717, 1.165) is 28.5 Å². The van der Waals surface area contributed by atoms with E-state index in [1.807, 2.05) is 32.0 Å². The lowest BCUT2D eigenvalue weighted by atomic mass is 9.94. The topological polar surface area (TPSA) is 43.1 Å². The molecule has 0 fully saturated rings. The van der Waals surface area contributed by atoms with E-state index >= 15 is 0 Å². The fraction of sp³-hybridized carbons (Fsp3) is 0.333. The van der Waals surface area contributed by atoms with Crippen molar-refractivity contribution >= 4 is 17.3 Å². The summed E-state index contributed by atoms with van der Waals surface area (Å²) in [5.74, 6) is 0.212. The van der Waals surface area contributed by atoms with Crippen molar-refractivity contribution in [2.75, 3.05) is 0 Å². The molecule has 0 aliphatic rings. The first-order valence-electron chi connectivity index (χ1n) is 5.02. The number of carbonyl (C=O) groups excluding carboxylic acids is 1.